The molecule has 0 N–H and O–H groups in total. The van der Waals surface area contributed by atoms with Crippen LogP contribution in [-0.2, 0) is 13.0 Å². The third kappa shape index (κ3) is 2.02. The van der Waals surface area contributed by atoms with E-state index in [4.69, 9.17) is 16.0 Å². The van der Waals surface area contributed by atoms with Crippen LogP contribution in [0.1, 0.15) is 24.4 Å². The molecule has 0 spiro atoms. The maximum Gasteiger partial charge on any atom is 0.225 e. The molecular formula is C9H11ClN4O. The molecule has 6 heteroatoms. The van der Waals surface area contributed by atoms with Crippen molar-refractivity contribution in [3.63, 3.8) is 0 Å². The number of rotatable bonds is 3. The summed E-state index contributed by atoms with van der Waals surface area (Å²) in [6.07, 6.45) is 2.46. The Morgan fingerprint density at radius 2 is 2.27 bits per heavy atom. The van der Waals surface area contributed by atoms with Gasteiger partial charge >= 0.3 is 0 Å². The van der Waals surface area contributed by atoms with Crippen LogP contribution in [0.15, 0.2) is 10.6 Å². The van der Waals surface area contributed by atoms with E-state index in [0.29, 0.717) is 17.7 Å². The van der Waals surface area contributed by atoms with Gasteiger partial charge in [-0.1, -0.05) is 6.92 Å². The first-order chi connectivity index (χ1) is 7.20. The molecule has 0 aromatic carbocycles. The molecule has 0 fully saturated rings. The van der Waals surface area contributed by atoms with Gasteiger partial charge in [0.25, 0.3) is 0 Å². The van der Waals surface area contributed by atoms with E-state index in [2.05, 4.69) is 15.2 Å². The number of halogens is 1. The molecule has 2 aromatic rings. The SMILES string of the molecule is CCc1nnc(Cl)n1Cc1ncc(C)o1. The van der Waals surface area contributed by atoms with Crippen molar-refractivity contribution >= 4 is 11.6 Å². The molecular weight excluding hydrogens is 216 g/mol. The normalized spacial score (nSPS) is 10.9. The fourth-order valence-corrected chi connectivity index (χ4v) is 1.54. The van der Waals surface area contributed by atoms with Crippen LogP contribution in [0.3, 0.4) is 0 Å². The van der Waals surface area contributed by atoms with Gasteiger partial charge in [-0.05, 0) is 18.5 Å². The molecule has 0 atom stereocenters. The zero-order valence-corrected chi connectivity index (χ0v) is 9.32. The third-order valence-corrected chi connectivity index (χ3v) is 2.34. The van der Waals surface area contributed by atoms with Crippen LogP contribution in [0, 0.1) is 6.92 Å². The number of nitrogens with zero attached hydrogens (tertiary/aromatic N) is 4. The number of aryl methyl sites for hydroxylation is 2. The summed E-state index contributed by atoms with van der Waals surface area (Å²) in [6.45, 7) is 4.32. The van der Waals surface area contributed by atoms with Crippen LogP contribution in [0.4, 0.5) is 0 Å². The molecule has 0 bridgehead atoms. The van der Waals surface area contributed by atoms with Crippen LogP contribution < -0.4 is 0 Å². The van der Waals surface area contributed by atoms with Gasteiger partial charge in [-0.25, -0.2) is 4.98 Å². The van der Waals surface area contributed by atoms with Gasteiger partial charge in [0.2, 0.25) is 11.2 Å². The van der Waals surface area contributed by atoms with E-state index in [-0.39, 0.29) is 0 Å². The molecule has 5 nitrogen and oxygen atoms in total. The second-order valence-electron chi connectivity index (χ2n) is 3.19. The quantitative estimate of drug-likeness (QED) is 0.801. The van der Waals surface area contributed by atoms with Gasteiger partial charge in [0, 0.05) is 6.42 Å². The van der Waals surface area contributed by atoms with Crippen LogP contribution in [0.25, 0.3) is 0 Å². The van der Waals surface area contributed by atoms with E-state index < -0.39 is 0 Å². The van der Waals surface area contributed by atoms with Crippen molar-refractivity contribution in [2.24, 2.45) is 0 Å². The van der Waals surface area contributed by atoms with Crippen molar-refractivity contribution in [2.45, 2.75) is 26.8 Å². The first-order valence-electron chi connectivity index (χ1n) is 4.69. The molecule has 0 amide bonds. The lowest BCUT2D eigenvalue weighted by Crippen LogP contribution is -2.04. The summed E-state index contributed by atoms with van der Waals surface area (Å²) in [5.41, 5.74) is 0. The van der Waals surface area contributed by atoms with E-state index >= 15 is 0 Å². The number of hydrogen-bond donors (Lipinski definition) is 0. The molecule has 2 aromatic heterocycles. The van der Waals surface area contributed by atoms with Crippen molar-refractivity contribution < 1.29 is 4.42 Å². The highest BCUT2D eigenvalue weighted by Gasteiger charge is 2.11. The fourth-order valence-electron chi connectivity index (χ4n) is 1.34. The van der Waals surface area contributed by atoms with Gasteiger partial charge in [-0.15, -0.1) is 10.2 Å². The molecule has 0 saturated heterocycles. The van der Waals surface area contributed by atoms with Crippen LogP contribution in [-0.4, -0.2) is 19.7 Å². The topological polar surface area (TPSA) is 56.7 Å². The Bertz CT molecular complexity index is 462. The van der Waals surface area contributed by atoms with Gasteiger partial charge in [0.15, 0.2) is 0 Å². The van der Waals surface area contributed by atoms with E-state index in [1.165, 1.54) is 0 Å². The second kappa shape index (κ2) is 4.02. The average molecular weight is 227 g/mol. The Labute approximate surface area is 92.1 Å². The molecule has 0 saturated carbocycles. The first-order valence-corrected chi connectivity index (χ1v) is 5.07. The fraction of sp³-hybridized carbons (Fsp3) is 0.444. The molecule has 0 unspecified atom stereocenters. The van der Waals surface area contributed by atoms with Crippen molar-refractivity contribution in [1.29, 1.82) is 0 Å². The van der Waals surface area contributed by atoms with Gasteiger partial charge in [0.05, 0.1) is 6.20 Å². The molecule has 2 rings (SSSR count). The maximum atomic E-state index is 5.90. The summed E-state index contributed by atoms with van der Waals surface area (Å²) in [4.78, 5) is 4.11. The van der Waals surface area contributed by atoms with Gasteiger partial charge < -0.3 is 4.42 Å². The lowest BCUT2D eigenvalue weighted by Gasteiger charge is -2.02. The van der Waals surface area contributed by atoms with Crippen molar-refractivity contribution in [1.82, 2.24) is 19.7 Å². The van der Waals surface area contributed by atoms with Crippen LogP contribution in [0.2, 0.25) is 5.28 Å². The zero-order chi connectivity index (χ0) is 10.8. The lowest BCUT2D eigenvalue weighted by atomic mass is 10.4. The second-order valence-corrected chi connectivity index (χ2v) is 3.53. The predicted molar refractivity (Wildman–Crippen MR) is 54.8 cm³/mol. The van der Waals surface area contributed by atoms with Gasteiger partial charge in [-0.2, -0.15) is 0 Å². The molecule has 15 heavy (non-hydrogen) atoms. The van der Waals surface area contributed by atoms with Crippen LogP contribution >= 0.6 is 11.6 Å². The van der Waals surface area contributed by atoms with Crippen molar-refractivity contribution in [2.75, 3.05) is 0 Å². The highest BCUT2D eigenvalue weighted by atomic mass is 35.5. The molecule has 0 radical (unpaired) electrons. The lowest BCUT2D eigenvalue weighted by molar-refractivity contribution is 0.454. The zero-order valence-electron chi connectivity index (χ0n) is 8.57. The Morgan fingerprint density at radius 3 is 2.87 bits per heavy atom. The summed E-state index contributed by atoms with van der Waals surface area (Å²) < 4.78 is 7.15. The average Bonchev–Trinajstić information content (AvgIpc) is 2.76. The van der Waals surface area contributed by atoms with Crippen LogP contribution in [0.5, 0.6) is 0 Å². The van der Waals surface area contributed by atoms with Crippen molar-refractivity contribution in [3.8, 4) is 0 Å². The first kappa shape index (κ1) is 10.2. The van der Waals surface area contributed by atoms with E-state index in [1.807, 2.05) is 13.8 Å². The summed E-state index contributed by atoms with van der Waals surface area (Å²) in [5, 5.41) is 8.11. The highest BCUT2D eigenvalue weighted by molar-refractivity contribution is 6.28. The number of aromatic nitrogens is 4. The van der Waals surface area contributed by atoms with E-state index in [1.54, 1.807) is 10.8 Å². The molecule has 0 aliphatic rings. The molecule has 0 aliphatic carbocycles. The Hall–Kier alpha value is -1.36. The molecule has 2 heterocycles. The summed E-state index contributed by atoms with van der Waals surface area (Å²) in [5.74, 6) is 2.23. The molecule has 0 aliphatic heterocycles. The molecule has 80 valence electrons. The minimum atomic E-state index is 0.364. The Kier molecular flexibility index (Phi) is 2.73. The third-order valence-electron chi connectivity index (χ3n) is 2.06. The smallest absolute Gasteiger partial charge is 0.225 e. The highest BCUT2D eigenvalue weighted by Crippen LogP contribution is 2.12. The minimum Gasteiger partial charge on any atom is -0.444 e. The Balaban J connectivity index is 2.26. The summed E-state index contributed by atoms with van der Waals surface area (Å²) in [6, 6.07) is 0. The summed E-state index contributed by atoms with van der Waals surface area (Å²) in [7, 11) is 0. The maximum absolute atomic E-state index is 5.90. The Morgan fingerprint density at radius 1 is 1.47 bits per heavy atom. The number of hydrogen-bond acceptors (Lipinski definition) is 4. The number of oxazole rings is 1. The minimum absolute atomic E-state index is 0.364. The van der Waals surface area contributed by atoms with Gasteiger partial charge in [-0.3, -0.25) is 4.57 Å². The van der Waals surface area contributed by atoms with E-state index in [9.17, 15) is 0 Å². The standard InChI is InChI=1S/C9H11ClN4O/c1-3-7-12-13-9(10)14(7)5-8-11-4-6(2)15-8/h4H,3,5H2,1-2H3. The largest absolute Gasteiger partial charge is 0.444 e. The monoisotopic (exact) mass is 226 g/mol. The predicted octanol–water partition coefficient (Wildman–Crippen LogP) is 1.84. The van der Waals surface area contributed by atoms with Gasteiger partial charge in [0.1, 0.15) is 18.1 Å². The van der Waals surface area contributed by atoms with E-state index in [0.717, 1.165) is 18.0 Å². The summed E-state index contributed by atoms with van der Waals surface area (Å²) >= 11 is 5.90. The van der Waals surface area contributed by atoms with Crippen molar-refractivity contribution in [3.05, 3.63) is 29.0 Å².